The molecular weight excluding hydrogens is 258 g/mol. The zero-order valence-corrected chi connectivity index (χ0v) is 14.5. The molecule has 0 amide bonds. The Morgan fingerprint density at radius 3 is 2.19 bits per heavy atom. The van der Waals surface area contributed by atoms with Gasteiger partial charge in [0.25, 0.3) is 0 Å². The molecular formula is C18H33N3. The zero-order chi connectivity index (χ0) is 15.7. The van der Waals surface area contributed by atoms with Crippen LogP contribution in [0.1, 0.15) is 38.3 Å². The summed E-state index contributed by atoms with van der Waals surface area (Å²) in [6, 6.07) is 11.8. The molecule has 0 bridgehead atoms. The van der Waals surface area contributed by atoms with Gasteiger partial charge in [0.1, 0.15) is 0 Å². The molecule has 0 radical (unpaired) electrons. The summed E-state index contributed by atoms with van der Waals surface area (Å²) >= 11 is 0. The van der Waals surface area contributed by atoms with Crippen molar-refractivity contribution in [1.29, 1.82) is 0 Å². The molecule has 0 aliphatic carbocycles. The predicted octanol–water partition coefficient (Wildman–Crippen LogP) is 3.00. The molecule has 1 N–H and O–H groups in total. The Labute approximate surface area is 131 Å². The van der Waals surface area contributed by atoms with Crippen molar-refractivity contribution >= 4 is 0 Å². The van der Waals surface area contributed by atoms with Crippen LogP contribution >= 0.6 is 0 Å². The average molecular weight is 291 g/mol. The largest absolute Gasteiger partial charge is 0.312 e. The van der Waals surface area contributed by atoms with Gasteiger partial charge in [-0.2, -0.15) is 0 Å². The molecule has 1 aromatic rings. The van der Waals surface area contributed by atoms with Crippen LogP contribution in [0.4, 0.5) is 0 Å². The maximum absolute atomic E-state index is 3.53. The minimum Gasteiger partial charge on any atom is -0.312 e. The summed E-state index contributed by atoms with van der Waals surface area (Å²) in [5.41, 5.74) is 1.39. The fourth-order valence-electron chi connectivity index (χ4n) is 3.09. The number of rotatable bonds is 10. The monoisotopic (exact) mass is 291 g/mol. The van der Waals surface area contributed by atoms with Gasteiger partial charge in [0.15, 0.2) is 0 Å². The molecule has 21 heavy (non-hydrogen) atoms. The fraction of sp³-hybridized carbons (Fsp3) is 0.667. The highest BCUT2D eigenvalue weighted by Gasteiger charge is 2.25. The smallest absolute Gasteiger partial charge is 0.0475 e. The normalized spacial score (nSPS) is 14.6. The van der Waals surface area contributed by atoms with Crippen LogP contribution in [0.2, 0.25) is 0 Å². The summed E-state index contributed by atoms with van der Waals surface area (Å²) in [5.74, 6) is 0. The van der Waals surface area contributed by atoms with Gasteiger partial charge in [-0.3, -0.25) is 4.90 Å². The lowest BCUT2D eigenvalue weighted by molar-refractivity contribution is 0.155. The van der Waals surface area contributed by atoms with E-state index in [1.54, 1.807) is 0 Å². The van der Waals surface area contributed by atoms with E-state index >= 15 is 0 Å². The van der Waals surface area contributed by atoms with Crippen molar-refractivity contribution in [2.75, 3.05) is 40.8 Å². The molecule has 3 heteroatoms. The molecule has 0 saturated carbocycles. The first-order valence-electron chi connectivity index (χ1n) is 8.25. The van der Waals surface area contributed by atoms with E-state index in [0.29, 0.717) is 12.1 Å². The lowest BCUT2D eigenvalue weighted by Crippen LogP contribution is -2.44. The summed E-state index contributed by atoms with van der Waals surface area (Å²) in [7, 11) is 6.37. The standard InChI is InChI=1S/C18H33N3/c1-6-17(21(7-2)15-11-14-20(4)5)18(19-3)16-12-9-8-10-13-16/h8-10,12-13,17-19H,6-7,11,14-15H2,1-5H3. The van der Waals surface area contributed by atoms with Gasteiger partial charge >= 0.3 is 0 Å². The van der Waals surface area contributed by atoms with Gasteiger partial charge in [-0.25, -0.2) is 0 Å². The third-order valence-corrected chi connectivity index (χ3v) is 4.20. The first-order valence-corrected chi connectivity index (χ1v) is 8.25. The topological polar surface area (TPSA) is 18.5 Å². The number of hydrogen-bond acceptors (Lipinski definition) is 3. The van der Waals surface area contributed by atoms with E-state index in [4.69, 9.17) is 0 Å². The van der Waals surface area contributed by atoms with E-state index in [2.05, 4.69) is 80.4 Å². The second-order valence-electron chi connectivity index (χ2n) is 5.94. The van der Waals surface area contributed by atoms with Gasteiger partial charge in [0, 0.05) is 12.1 Å². The molecule has 3 nitrogen and oxygen atoms in total. The zero-order valence-electron chi connectivity index (χ0n) is 14.5. The minimum atomic E-state index is 0.399. The Kier molecular flexibility index (Phi) is 8.58. The van der Waals surface area contributed by atoms with Crippen molar-refractivity contribution in [1.82, 2.24) is 15.1 Å². The predicted molar refractivity (Wildman–Crippen MR) is 92.7 cm³/mol. The number of likely N-dealkylation sites (N-methyl/N-ethyl adjacent to an activating group) is 2. The van der Waals surface area contributed by atoms with Crippen molar-refractivity contribution in [3.05, 3.63) is 35.9 Å². The summed E-state index contributed by atoms with van der Waals surface area (Å²) in [5, 5.41) is 3.53. The maximum Gasteiger partial charge on any atom is 0.0475 e. The molecule has 1 rings (SSSR count). The van der Waals surface area contributed by atoms with E-state index in [-0.39, 0.29) is 0 Å². The fourth-order valence-corrected chi connectivity index (χ4v) is 3.09. The minimum absolute atomic E-state index is 0.399. The molecule has 2 unspecified atom stereocenters. The van der Waals surface area contributed by atoms with Crippen molar-refractivity contribution in [3.63, 3.8) is 0 Å². The number of hydrogen-bond donors (Lipinski definition) is 1. The van der Waals surface area contributed by atoms with Crippen LogP contribution in [0, 0.1) is 0 Å². The second kappa shape index (κ2) is 9.93. The number of nitrogens with zero attached hydrogens (tertiary/aromatic N) is 2. The Hall–Kier alpha value is -0.900. The van der Waals surface area contributed by atoms with Gasteiger partial charge in [-0.15, -0.1) is 0 Å². The van der Waals surface area contributed by atoms with Crippen molar-refractivity contribution < 1.29 is 0 Å². The van der Waals surface area contributed by atoms with Crippen LogP contribution in [-0.2, 0) is 0 Å². The number of nitrogens with one attached hydrogen (secondary N) is 1. The summed E-state index contributed by atoms with van der Waals surface area (Å²) < 4.78 is 0. The van der Waals surface area contributed by atoms with Crippen molar-refractivity contribution in [2.24, 2.45) is 0 Å². The first kappa shape index (κ1) is 18.1. The van der Waals surface area contributed by atoms with Crippen LogP contribution < -0.4 is 5.32 Å². The third-order valence-electron chi connectivity index (χ3n) is 4.20. The second-order valence-corrected chi connectivity index (χ2v) is 5.94. The van der Waals surface area contributed by atoms with Crippen LogP contribution in [-0.4, -0.2) is 56.6 Å². The van der Waals surface area contributed by atoms with Crippen LogP contribution in [0.3, 0.4) is 0 Å². The number of benzene rings is 1. The van der Waals surface area contributed by atoms with E-state index in [1.807, 2.05) is 0 Å². The molecule has 1 aromatic carbocycles. The van der Waals surface area contributed by atoms with Gasteiger partial charge in [-0.05, 0) is 59.2 Å². The molecule has 0 saturated heterocycles. The van der Waals surface area contributed by atoms with Gasteiger partial charge in [0.2, 0.25) is 0 Å². The van der Waals surface area contributed by atoms with Gasteiger partial charge in [0.05, 0.1) is 0 Å². The summed E-state index contributed by atoms with van der Waals surface area (Å²) in [4.78, 5) is 4.89. The average Bonchev–Trinajstić information content (AvgIpc) is 2.50. The van der Waals surface area contributed by atoms with Crippen LogP contribution in [0.15, 0.2) is 30.3 Å². The maximum atomic E-state index is 3.53. The SMILES string of the molecule is CCC(C(NC)c1ccccc1)N(CC)CCCN(C)C. The van der Waals surface area contributed by atoms with Crippen LogP contribution in [0.5, 0.6) is 0 Å². The molecule has 120 valence electrons. The van der Waals surface area contributed by atoms with E-state index in [0.717, 1.165) is 26.1 Å². The highest BCUT2D eigenvalue weighted by Crippen LogP contribution is 2.23. The molecule has 0 fully saturated rings. The lowest BCUT2D eigenvalue weighted by Gasteiger charge is -2.36. The molecule has 0 spiro atoms. The van der Waals surface area contributed by atoms with Gasteiger partial charge in [-0.1, -0.05) is 44.2 Å². The summed E-state index contributed by atoms with van der Waals surface area (Å²) in [6.45, 7) is 8.00. The third kappa shape index (κ3) is 5.77. The quantitative estimate of drug-likeness (QED) is 0.715. The van der Waals surface area contributed by atoms with Crippen molar-refractivity contribution in [2.45, 2.75) is 38.8 Å². The molecule has 0 aliphatic rings. The Morgan fingerprint density at radius 1 is 1.05 bits per heavy atom. The van der Waals surface area contributed by atoms with E-state index < -0.39 is 0 Å². The van der Waals surface area contributed by atoms with E-state index in [9.17, 15) is 0 Å². The van der Waals surface area contributed by atoms with E-state index in [1.165, 1.54) is 12.0 Å². The molecule has 0 heterocycles. The van der Waals surface area contributed by atoms with Crippen LogP contribution in [0.25, 0.3) is 0 Å². The van der Waals surface area contributed by atoms with Crippen molar-refractivity contribution in [3.8, 4) is 0 Å². The Bertz CT molecular complexity index is 364. The van der Waals surface area contributed by atoms with Gasteiger partial charge < -0.3 is 10.2 Å². The first-order chi connectivity index (χ1) is 10.1. The summed E-state index contributed by atoms with van der Waals surface area (Å²) in [6.07, 6.45) is 2.39. The molecule has 0 aromatic heterocycles. The molecule has 0 aliphatic heterocycles. The lowest BCUT2D eigenvalue weighted by atomic mass is 9.96. The highest BCUT2D eigenvalue weighted by atomic mass is 15.2. The highest BCUT2D eigenvalue weighted by molar-refractivity contribution is 5.20. The Balaban J connectivity index is 2.76. The Morgan fingerprint density at radius 2 is 1.71 bits per heavy atom. The molecule has 2 atom stereocenters.